The molecule has 1 aromatic heterocycles. The Hall–Kier alpha value is -1.62. The second-order valence-corrected chi connectivity index (χ2v) is 6.47. The molecule has 0 aliphatic carbocycles. The highest BCUT2D eigenvalue weighted by molar-refractivity contribution is 5.78. The molecule has 0 spiro atoms. The van der Waals surface area contributed by atoms with Gasteiger partial charge in [0.05, 0.1) is 12.5 Å². The van der Waals surface area contributed by atoms with Gasteiger partial charge in [0, 0.05) is 31.4 Å². The van der Waals surface area contributed by atoms with E-state index in [9.17, 15) is 4.79 Å². The Morgan fingerprint density at radius 3 is 3.08 bits per heavy atom. The van der Waals surface area contributed by atoms with Crippen LogP contribution in [0.15, 0.2) is 18.3 Å². The fraction of sp³-hybridized carbons (Fsp3) is 0.684. The average Bonchev–Trinajstić information content (AvgIpc) is 2.61. The molecule has 0 aromatic carbocycles. The maximum absolute atomic E-state index is 12.4. The first-order valence-corrected chi connectivity index (χ1v) is 9.31. The van der Waals surface area contributed by atoms with Gasteiger partial charge < -0.3 is 10.1 Å². The molecule has 1 aliphatic heterocycles. The zero-order chi connectivity index (χ0) is 17.2. The average molecular weight is 333 g/mol. The first kappa shape index (κ1) is 18.7. The van der Waals surface area contributed by atoms with Crippen LogP contribution in [-0.4, -0.2) is 42.0 Å². The number of nitrogens with one attached hydrogen (secondary N) is 1. The van der Waals surface area contributed by atoms with Gasteiger partial charge in [-0.1, -0.05) is 25.8 Å². The molecule has 1 aliphatic rings. The minimum absolute atomic E-state index is 0.104. The van der Waals surface area contributed by atoms with Crippen molar-refractivity contribution in [2.45, 2.75) is 52.5 Å². The number of nitrogens with zero attached hydrogens (tertiary/aromatic N) is 2. The number of ether oxygens (including phenoxy) is 1. The van der Waals surface area contributed by atoms with E-state index in [1.807, 2.05) is 13.0 Å². The van der Waals surface area contributed by atoms with Crippen LogP contribution < -0.4 is 10.1 Å². The van der Waals surface area contributed by atoms with Crippen molar-refractivity contribution >= 4 is 5.91 Å². The van der Waals surface area contributed by atoms with E-state index in [-0.39, 0.29) is 11.8 Å². The molecule has 1 N–H and O–H groups in total. The minimum Gasteiger partial charge on any atom is -0.478 e. The Kier molecular flexibility index (Phi) is 8.02. The topological polar surface area (TPSA) is 54.5 Å². The van der Waals surface area contributed by atoms with Gasteiger partial charge in [0.15, 0.2) is 0 Å². The molecule has 1 fully saturated rings. The van der Waals surface area contributed by atoms with E-state index in [4.69, 9.17) is 4.74 Å². The molecule has 0 bridgehead atoms. The molecule has 0 radical (unpaired) electrons. The van der Waals surface area contributed by atoms with Crippen LogP contribution in [0.1, 0.15) is 51.5 Å². The third-order valence-electron chi connectivity index (χ3n) is 4.48. The van der Waals surface area contributed by atoms with E-state index in [0.29, 0.717) is 12.5 Å². The number of pyridine rings is 1. The fourth-order valence-corrected chi connectivity index (χ4v) is 3.20. The number of carbonyl (C=O) groups excluding carboxylic acids is 1. The lowest BCUT2D eigenvalue weighted by Gasteiger charge is -2.32. The van der Waals surface area contributed by atoms with Gasteiger partial charge in [0.25, 0.3) is 0 Å². The van der Waals surface area contributed by atoms with Crippen LogP contribution in [0.2, 0.25) is 0 Å². The molecule has 134 valence electrons. The second kappa shape index (κ2) is 10.3. The number of aromatic nitrogens is 1. The Morgan fingerprint density at radius 2 is 2.29 bits per heavy atom. The fourth-order valence-electron chi connectivity index (χ4n) is 3.20. The van der Waals surface area contributed by atoms with Crippen LogP contribution in [0.5, 0.6) is 5.88 Å². The van der Waals surface area contributed by atoms with E-state index in [1.165, 1.54) is 12.8 Å². The number of unbranched alkanes of at least 4 members (excludes halogenated alkanes) is 2. The van der Waals surface area contributed by atoms with Gasteiger partial charge in [-0.3, -0.25) is 9.69 Å². The lowest BCUT2D eigenvalue weighted by molar-refractivity contribution is -0.126. The Bertz CT molecular complexity index is 507. The summed E-state index contributed by atoms with van der Waals surface area (Å²) in [5, 5.41) is 3.10. The summed E-state index contributed by atoms with van der Waals surface area (Å²) in [6.45, 7) is 8.21. The lowest BCUT2D eigenvalue weighted by Crippen LogP contribution is -2.43. The van der Waals surface area contributed by atoms with Crippen LogP contribution in [0, 0.1) is 5.92 Å². The van der Waals surface area contributed by atoms with E-state index < -0.39 is 0 Å². The van der Waals surface area contributed by atoms with Crippen LogP contribution in [-0.2, 0) is 11.3 Å². The summed E-state index contributed by atoms with van der Waals surface area (Å²) >= 11 is 0. The van der Waals surface area contributed by atoms with Crippen molar-refractivity contribution in [2.75, 3.05) is 26.2 Å². The van der Waals surface area contributed by atoms with Crippen molar-refractivity contribution in [2.24, 2.45) is 5.92 Å². The summed E-state index contributed by atoms with van der Waals surface area (Å²) in [7, 11) is 0. The van der Waals surface area contributed by atoms with Gasteiger partial charge in [-0.15, -0.1) is 0 Å². The van der Waals surface area contributed by atoms with Crippen LogP contribution >= 0.6 is 0 Å². The molecule has 5 nitrogen and oxygen atoms in total. The van der Waals surface area contributed by atoms with Crippen molar-refractivity contribution in [1.29, 1.82) is 0 Å². The third kappa shape index (κ3) is 5.78. The van der Waals surface area contributed by atoms with Crippen LogP contribution in [0.4, 0.5) is 0 Å². The molecule has 2 rings (SSSR count). The van der Waals surface area contributed by atoms with Gasteiger partial charge in [0.2, 0.25) is 11.8 Å². The largest absolute Gasteiger partial charge is 0.478 e. The first-order valence-electron chi connectivity index (χ1n) is 9.31. The predicted octanol–water partition coefficient (Wildman–Crippen LogP) is 3.00. The van der Waals surface area contributed by atoms with Gasteiger partial charge in [-0.05, 0) is 38.8 Å². The summed E-state index contributed by atoms with van der Waals surface area (Å²) in [4.78, 5) is 19.0. The number of carbonyl (C=O) groups is 1. The summed E-state index contributed by atoms with van der Waals surface area (Å²) in [5.74, 6) is 1.03. The molecule has 0 saturated carbocycles. The molecular weight excluding hydrogens is 302 g/mol. The highest BCUT2D eigenvalue weighted by atomic mass is 16.5. The molecule has 1 aromatic rings. The van der Waals surface area contributed by atoms with E-state index in [0.717, 1.165) is 51.0 Å². The van der Waals surface area contributed by atoms with E-state index in [1.54, 1.807) is 6.20 Å². The number of hydrogen-bond acceptors (Lipinski definition) is 4. The van der Waals surface area contributed by atoms with Crippen molar-refractivity contribution < 1.29 is 9.53 Å². The molecule has 1 unspecified atom stereocenters. The number of likely N-dealkylation sites (tertiary alicyclic amines) is 1. The van der Waals surface area contributed by atoms with Crippen molar-refractivity contribution in [3.8, 4) is 5.88 Å². The SMILES string of the molecule is CCCCCNC(=O)C1CCCN(Cc2cccnc2OCC)C1. The van der Waals surface area contributed by atoms with Gasteiger partial charge >= 0.3 is 0 Å². The van der Waals surface area contributed by atoms with E-state index >= 15 is 0 Å². The number of amides is 1. The van der Waals surface area contributed by atoms with Crippen LogP contribution in [0.3, 0.4) is 0 Å². The van der Waals surface area contributed by atoms with Crippen LogP contribution in [0.25, 0.3) is 0 Å². The smallest absolute Gasteiger partial charge is 0.224 e. The quantitative estimate of drug-likeness (QED) is 0.706. The molecule has 2 heterocycles. The third-order valence-corrected chi connectivity index (χ3v) is 4.48. The predicted molar refractivity (Wildman–Crippen MR) is 95.9 cm³/mol. The summed E-state index contributed by atoms with van der Waals surface area (Å²) in [6, 6.07) is 4.01. The maximum atomic E-state index is 12.4. The summed E-state index contributed by atoms with van der Waals surface area (Å²) in [5.41, 5.74) is 1.10. The molecule has 1 saturated heterocycles. The zero-order valence-corrected chi connectivity index (χ0v) is 15.1. The highest BCUT2D eigenvalue weighted by Crippen LogP contribution is 2.22. The lowest BCUT2D eigenvalue weighted by atomic mass is 9.96. The standard InChI is InChI=1S/C19H31N3O2/c1-3-5-6-11-20-18(23)16-10-8-13-22(14-16)15-17-9-7-12-21-19(17)24-4-2/h7,9,12,16H,3-6,8,10-11,13-15H2,1-2H3,(H,20,23). The molecule has 5 heteroatoms. The molecule has 24 heavy (non-hydrogen) atoms. The van der Waals surface area contributed by atoms with Gasteiger partial charge in [-0.25, -0.2) is 4.98 Å². The van der Waals surface area contributed by atoms with E-state index in [2.05, 4.69) is 28.2 Å². The monoisotopic (exact) mass is 333 g/mol. The Labute approximate surface area is 145 Å². The number of piperidine rings is 1. The molecule has 1 atom stereocenters. The molecular formula is C19H31N3O2. The van der Waals surface area contributed by atoms with Crippen molar-refractivity contribution in [3.05, 3.63) is 23.9 Å². The second-order valence-electron chi connectivity index (χ2n) is 6.47. The van der Waals surface area contributed by atoms with Crippen molar-refractivity contribution in [1.82, 2.24) is 15.2 Å². The van der Waals surface area contributed by atoms with Crippen molar-refractivity contribution in [3.63, 3.8) is 0 Å². The van der Waals surface area contributed by atoms with Gasteiger partial charge in [-0.2, -0.15) is 0 Å². The first-order chi connectivity index (χ1) is 11.7. The van der Waals surface area contributed by atoms with Gasteiger partial charge in [0.1, 0.15) is 0 Å². The Morgan fingerprint density at radius 1 is 1.42 bits per heavy atom. The highest BCUT2D eigenvalue weighted by Gasteiger charge is 2.26. The number of hydrogen-bond donors (Lipinski definition) is 1. The maximum Gasteiger partial charge on any atom is 0.224 e. The summed E-state index contributed by atoms with van der Waals surface area (Å²) < 4.78 is 5.61. The minimum atomic E-state index is 0.104. The normalized spacial score (nSPS) is 18.3. The molecule has 1 amide bonds. The number of rotatable bonds is 9. The zero-order valence-electron chi connectivity index (χ0n) is 15.1. The summed E-state index contributed by atoms with van der Waals surface area (Å²) in [6.07, 6.45) is 7.25. The Balaban J connectivity index is 1.85.